The number of carbonyl (C=O) groups excluding carboxylic acids is 2. The Hall–Kier alpha value is -1.10. The van der Waals surface area contributed by atoms with E-state index in [1.165, 1.54) is 25.7 Å². The monoisotopic (exact) mass is 281 g/mol. The zero-order chi connectivity index (χ0) is 14.5. The SMILES string of the molecule is CC(C(=O)N1CCCC(C(N)=O)C1)N1CCCCCC1. The number of rotatable bonds is 3. The topological polar surface area (TPSA) is 66.6 Å². The van der Waals surface area contributed by atoms with Gasteiger partial charge in [0, 0.05) is 13.1 Å². The van der Waals surface area contributed by atoms with Gasteiger partial charge in [-0.1, -0.05) is 12.8 Å². The molecule has 2 aliphatic rings. The third-order valence-electron chi connectivity index (χ3n) is 4.68. The highest BCUT2D eigenvalue weighted by Gasteiger charge is 2.31. The van der Waals surface area contributed by atoms with Gasteiger partial charge in [-0.15, -0.1) is 0 Å². The summed E-state index contributed by atoms with van der Waals surface area (Å²) in [4.78, 5) is 28.1. The van der Waals surface area contributed by atoms with Crippen molar-refractivity contribution in [1.82, 2.24) is 9.80 Å². The first-order valence-corrected chi connectivity index (χ1v) is 7.91. The van der Waals surface area contributed by atoms with Gasteiger partial charge in [0.1, 0.15) is 0 Å². The molecule has 0 aromatic rings. The number of likely N-dealkylation sites (tertiary alicyclic amines) is 2. The second-order valence-electron chi connectivity index (χ2n) is 6.15. The average molecular weight is 281 g/mol. The van der Waals surface area contributed by atoms with Crippen LogP contribution in [0.15, 0.2) is 0 Å². The number of nitrogens with two attached hydrogens (primary N) is 1. The summed E-state index contributed by atoms with van der Waals surface area (Å²) in [5.74, 6) is -0.271. The molecule has 2 heterocycles. The van der Waals surface area contributed by atoms with E-state index in [0.29, 0.717) is 6.54 Å². The van der Waals surface area contributed by atoms with E-state index in [1.807, 2.05) is 11.8 Å². The van der Waals surface area contributed by atoms with E-state index in [2.05, 4.69) is 4.90 Å². The summed E-state index contributed by atoms with van der Waals surface area (Å²) in [5, 5.41) is 0. The van der Waals surface area contributed by atoms with Crippen molar-refractivity contribution in [2.75, 3.05) is 26.2 Å². The molecule has 2 amide bonds. The molecular weight excluding hydrogens is 254 g/mol. The van der Waals surface area contributed by atoms with Gasteiger partial charge in [-0.2, -0.15) is 0 Å². The molecule has 0 aromatic heterocycles. The van der Waals surface area contributed by atoms with Gasteiger partial charge in [-0.3, -0.25) is 14.5 Å². The van der Waals surface area contributed by atoms with Crippen molar-refractivity contribution in [1.29, 1.82) is 0 Å². The summed E-state index contributed by atoms with van der Waals surface area (Å²) < 4.78 is 0. The van der Waals surface area contributed by atoms with E-state index in [-0.39, 0.29) is 23.8 Å². The van der Waals surface area contributed by atoms with E-state index in [1.54, 1.807) is 0 Å². The smallest absolute Gasteiger partial charge is 0.239 e. The average Bonchev–Trinajstić information content (AvgIpc) is 2.75. The molecule has 2 unspecified atom stereocenters. The van der Waals surface area contributed by atoms with Crippen LogP contribution in [0.1, 0.15) is 45.4 Å². The quantitative estimate of drug-likeness (QED) is 0.838. The number of primary amides is 1. The highest BCUT2D eigenvalue weighted by molar-refractivity contribution is 5.83. The van der Waals surface area contributed by atoms with Crippen LogP contribution >= 0.6 is 0 Å². The van der Waals surface area contributed by atoms with E-state index in [0.717, 1.165) is 32.5 Å². The van der Waals surface area contributed by atoms with Crippen LogP contribution in [-0.4, -0.2) is 53.8 Å². The summed E-state index contributed by atoms with van der Waals surface area (Å²) in [6.45, 7) is 5.30. The second kappa shape index (κ2) is 7.07. The van der Waals surface area contributed by atoms with Crippen LogP contribution in [0.4, 0.5) is 0 Å². The molecule has 20 heavy (non-hydrogen) atoms. The second-order valence-corrected chi connectivity index (χ2v) is 6.15. The van der Waals surface area contributed by atoms with Crippen molar-refractivity contribution < 1.29 is 9.59 Å². The predicted molar refractivity (Wildman–Crippen MR) is 78.0 cm³/mol. The molecule has 0 spiro atoms. The van der Waals surface area contributed by atoms with E-state index in [9.17, 15) is 9.59 Å². The van der Waals surface area contributed by atoms with Gasteiger partial charge in [0.15, 0.2) is 0 Å². The third-order valence-corrected chi connectivity index (χ3v) is 4.68. The van der Waals surface area contributed by atoms with E-state index >= 15 is 0 Å². The van der Waals surface area contributed by atoms with Crippen LogP contribution in [0.5, 0.6) is 0 Å². The molecule has 2 atom stereocenters. The third kappa shape index (κ3) is 3.72. The van der Waals surface area contributed by atoms with Gasteiger partial charge in [0.25, 0.3) is 0 Å². The Kier molecular flexibility index (Phi) is 5.40. The molecule has 2 rings (SSSR count). The van der Waals surface area contributed by atoms with Gasteiger partial charge in [0.05, 0.1) is 12.0 Å². The minimum atomic E-state index is -0.273. The maximum atomic E-state index is 12.6. The zero-order valence-electron chi connectivity index (χ0n) is 12.5. The van der Waals surface area contributed by atoms with Gasteiger partial charge in [-0.25, -0.2) is 0 Å². The summed E-state index contributed by atoms with van der Waals surface area (Å²) in [6, 6.07) is -0.0697. The Balaban J connectivity index is 1.93. The molecule has 0 aliphatic carbocycles. The normalized spacial score (nSPS) is 26.9. The molecule has 5 heteroatoms. The lowest BCUT2D eigenvalue weighted by atomic mass is 9.97. The molecule has 5 nitrogen and oxygen atoms in total. The number of hydrogen-bond acceptors (Lipinski definition) is 3. The Morgan fingerprint density at radius 1 is 1.05 bits per heavy atom. The van der Waals surface area contributed by atoms with Crippen LogP contribution in [0.2, 0.25) is 0 Å². The van der Waals surface area contributed by atoms with Crippen LogP contribution in [0.25, 0.3) is 0 Å². The molecule has 0 bridgehead atoms. The molecule has 0 radical (unpaired) electrons. The summed E-state index contributed by atoms with van der Waals surface area (Å²) in [7, 11) is 0. The Morgan fingerprint density at radius 2 is 1.70 bits per heavy atom. The Labute approximate surface area is 121 Å². The highest BCUT2D eigenvalue weighted by atomic mass is 16.2. The Morgan fingerprint density at radius 3 is 2.30 bits per heavy atom. The summed E-state index contributed by atoms with van der Waals surface area (Å²) >= 11 is 0. The zero-order valence-corrected chi connectivity index (χ0v) is 12.5. The predicted octanol–water partition coefficient (Wildman–Crippen LogP) is 0.975. The number of piperidine rings is 1. The standard InChI is InChI=1S/C15H27N3O2/c1-12(17-8-4-2-3-5-9-17)15(20)18-10-6-7-13(11-18)14(16)19/h12-13H,2-11H2,1H3,(H2,16,19). The van der Waals surface area contributed by atoms with Gasteiger partial charge < -0.3 is 10.6 Å². The molecule has 2 saturated heterocycles. The van der Waals surface area contributed by atoms with Crippen LogP contribution < -0.4 is 5.73 Å². The number of amides is 2. The van der Waals surface area contributed by atoms with Gasteiger partial charge >= 0.3 is 0 Å². The molecule has 2 fully saturated rings. The van der Waals surface area contributed by atoms with Crippen molar-refractivity contribution in [3.8, 4) is 0 Å². The first kappa shape index (κ1) is 15.3. The molecule has 0 saturated carbocycles. The number of hydrogen-bond donors (Lipinski definition) is 1. The number of carbonyl (C=O) groups is 2. The molecule has 0 aromatic carbocycles. The molecule has 2 aliphatic heterocycles. The first-order valence-electron chi connectivity index (χ1n) is 7.91. The summed E-state index contributed by atoms with van der Waals surface area (Å²) in [6.07, 6.45) is 6.60. The first-order chi connectivity index (χ1) is 9.59. The lowest BCUT2D eigenvalue weighted by Gasteiger charge is -2.36. The van der Waals surface area contributed by atoms with Crippen molar-refractivity contribution >= 4 is 11.8 Å². The van der Waals surface area contributed by atoms with E-state index in [4.69, 9.17) is 5.73 Å². The fraction of sp³-hybridized carbons (Fsp3) is 0.867. The molecule has 2 N–H and O–H groups in total. The van der Waals surface area contributed by atoms with Gasteiger partial charge in [-0.05, 0) is 45.7 Å². The lowest BCUT2D eigenvalue weighted by molar-refractivity contribution is -0.139. The molecule has 114 valence electrons. The van der Waals surface area contributed by atoms with Crippen LogP contribution in [0.3, 0.4) is 0 Å². The lowest BCUT2D eigenvalue weighted by Crippen LogP contribution is -2.51. The number of nitrogens with zero attached hydrogens (tertiary/aromatic N) is 2. The van der Waals surface area contributed by atoms with E-state index < -0.39 is 0 Å². The largest absolute Gasteiger partial charge is 0.369 e. The minimum Gasteiger partial charge on any atom is -0.369 e. The van der Waals surface area contributed by atoms with Crippen LogP contribution in [-0.2, 0) is 9.59 Å². The van der Waals surface area contributed by atoms with Gasteiger partial charge in [0.2, 0.25) is 11.8 Å². The molecular formula is C15H27N3O2. The van der Waals surface area contributed by atoms with Crippen molar-refractivity contribution in [2.24, 2.45) is 11.7 Å². The maximum absolute atomic E-state index is 12.6. The highest BCUT2D eigenvalue weighted by Crippen LogP contribution is 2.19. The maximum Gasteiger partial charge on any atom is 0.239 e. The summed E-state index contributed by atoms with van der Waals surface area (Å²) in [5.41, 5.74) is 5.38. The van der Waals surface area contributed by atoms with Crippen molar-refractivity contribution in [2.45, 2.75) is 51.5 Å². The Bertz CT molecular complexity index is 351. The van der Waals surface area contributed by atoms with Crippen LogP contribution in [0, 0.1) is 5.92 Å². The van der Waals surface area contributed by atoms with Crippen molar-refractivity contribution in [3.63, 3.8) is 0 Å². The minimum absolute atomic E-state index is 0.0697. The fourth-order valence-corrected chi connectivity index (χ4v) is 3.31. The fourth-order valence-electron chi connectivity index (χ4n) is 3.31. The van der Waals surface area contributed by atoms with Crippen molar-refractivity contribution in [3.05, 3.63) is 0 Å².